The molecule has 5 rings (SSSR count). The SMILES string of the molecule is O=C(OC[C@@H]1CCCN2CCCC[C@H]12)c1cc2nc(-c3ccc(F)cc3)cc(C(F)(F)F)n2n1. The molecule has 0 spiro atoms. The number of nitrogens with zero attached hydrogens (tertiary/aromatic N) is 4. The van der Waals surface area contributed by atoms with Crippen LogP contribution >= 0.6 is 0 Å². The van der Waals surface area contributed by atoms with Crippen molar-refractivity contribution in [1.82, 2.24) is 19.5 Å². The Hall–Kier alpha value is -3.01. The van der Waals surface area contributed by atoms with Crippen LogP contribution in [0.15, 0.2) is 36.4 Å². The van der Waals surface area contributed by atoms with E-state index in [1.807, 2.05) is 0 Å². The van der Waals surface area contributed by atoms with E-state index in [1.165, 1.54) is 24.6 Å². The average Bonchev–Trinajstić information content (AvgIpc) is 3.26. The number of hydrogen-bond donors (Lipinski definition) is 0. The molecule has 2 aliphatic rings. The summed E-state index contributed by atoms with van der Waals surface area (Å²) >= 11 is 0. The Bertz CT molecular complexity index is 1190. The molecule has 0 bridgehead atoms. The van der Waals surface area contributed by atoms with Crippen molar-refractivity contribution in [3.63, 3.8) is 0 Å². The van der Waals surface area contributed by atoms with E-state index in [0.29, 0.717) is 16.1 Å². The lowest BCUT2D eigenvalue weighted by molar-refractivity contribution is -0.142. The van der Waals surface area contributed by atoms with Crippen molar-refractivity contribution >= 4 is 11.6 Å². The van der Waals surface area contributed by atoms with Crippen LogP contribution in [0.4, 0.5) is 17.6 Å². The van der Waals surface area contributed by atoms with E-state index in [2.05, 4.69) is 15.0 Å². The number of piperidine rings is 2. The molecule has 180 valence electrons. The van der Waals surface area contributed by atoms with Crippen molar-refractivity contribution in [2.24, 2.45) is 5.92 Å². The third-order valence-electron chi connectivity index (χ3n) is 6.72. The molecule has 2 aliphatic heterocycles. The summed E-state index contributed by atoms with van der Waals surface area (Å²) < 4.78 is 60.7. The summed E-state index contributed by atoms with van der Waals surface area (Å²) in [6.45, 7) is 2.34. The van der Waals surface area contributed by atoms with Gasteiger partial charge in [-0.15, -0.1) is 0 Å². The molecular weight excluding hydrogens is 452 g/mol. The fraction of sp³-hybridized carbons (Fsp3) is 0.458. The predicted molar refractivity (Wildman–Crippen MR) is 116 cm³/mol. The van der Waals surface area contributed by atoms with E-state index >= 15 is 0 Å². The fourth-order valence-corrected chi connectivity index (χ4v) is 5.07. The standard InChI is InChI=1S/C24H24F4N4O2/c25-17-8-6-15(7-9-17)18-12-21(24(26,27)28)32-22(29-18)13-19(30-32)23(33)34-14-16-4-3-11-31-10-2-1-5-20(16)31/h6-9,12-13,16,20H,1-5,10-11,14H2/t16-,20+/m0/s1. The summed E-state index contributed by atoms with van der Waals surface area (Å²) in [5.74, 6) is -1.07. The van der Waals surface area contributed by atoms with Crippen molar-refractivity contribution in [2.45, 2.75) is 44.3 Å². The van der Waals surface area contributed by atoms with Gasteiger partial charge in [0.15, 0.2) is 17.0 Å². The van der Waals surface area contributed by atoms with Crippen molar-refractivity contribution in [3.05, 3.63) is 53.6 Å². The lowest BCUT2D eigenvalue weighted by Crippen LogP contribution is -2.49. The lowest BCUT2D eigenvalue weighted by Gasteiger charge is -2.44. The Morgan fingerprint density at radius 1 is 1.06 bits per heavy atom. The zero-order valence-corrected chi connectivity index (χ0v) is 18.4. The molecule has 2 fully saturated rings. The van der Waals surface area contributed by atoms with Gasteiger partial charge in [-0.05, 0) is 69.1 Å². The van der Waals surface area contributed by atoms with E-state index in [4.69, 9.17) is 4.74 Å². The number of halogens is 4. The van der Waals surface area contributed by atoms with Crippen molar-refractivity contribution in [2.75, 3.05) is 19.7 Å². The Morgan fingerprint density at radius 2 is 1.82 bits per heavy atom. The molecule has 0 N–H and O–H groups in total. The largest absolute Gasteiger partial charge is 0.461 e. The predicted octanol–water partition coefficient (Wildman–Crippen LogP) is 4.98. The molecule has 0 amide bonds. The van der Waals surface area contributed by atoms with Crippen LogP contribution in [0.25, 0.3) is 16.9 Å². The average molecular weight is 476 g/mol. The minimum atomic E-state index is -4.74. The van der Waals surface area contributed by atoms with Crippen LogP contribution in [-0.4, -0.2) is 51.2 Å². The maximum atomic E-state index is 13.8. The number of ether oxygens (including phenoxy) is 1. The number of rotatable bonds is 4. The zero-order valence-electron chi connectivity index (χ0n) is 18.4. The van der Waals surface area contributed by atoms with Gasteiger partial charge in [0.2, 0.25) is 0 Å². The number of carbonyl (C=O) groups excluding carboxylic acids is 1. The molecule has 2 aromatic heterocycles. The normalized spacial score (nSPS) is 21.4. The Morgan fingerprint density at radius 3 is 2.59 bits per heavy atom. The van der Waals surface area contributed by atoms with Gasteiger partial charge in [-0.2, -0.15) is 18.3 Å². The van der Waals surface area contributed by atoms with E-state index in [1.54, 1.807) is 0 Å². The highest BCUT2D eigenvalue weighted by Crippen LogP contribution is 2.33. The van der Waals surface area contributed by atoms with Crippen molar-refractivity contribution in [1.29, 1.82) is 0 Å². The first-order valence-electron chi connectivity index (χ1n) is 11.4. The molecule has 1 aromatic carbocycles. The molecule has 0 saturated carbocycles. The topological polar surface area (TPSA) is 59.7 Å². The monoisotopic (exact) mass is 476 g/mol. The third kappa shape index (κ3) is 4.51. The van der Waals surface area contributed by atoms with Crippen LogP contribution in [0.5, 0.6) is 0 Å². The number of hydrogen-bond acceptors (Lipinski definition) is 5. The highest BCUT2D eigenvalue weighted by Gasteiger charge is 2.36. The number of esters is 1. The van der Waals surface area contributed by atoms with Crippen molar-refractivity contribution < 1.29 is 27.1 Å². The molecule has 0 aliphatic carbocycles. The summed E-state index contributed by atoms with van der Waals surface area (Å²) in [6.07, 6.45) is 0.662. The zero-order chi connectivity index (χ0) is 23.9. The molecule has 0 radical (unpaired) electrons. The summed E-state index contributed by atoms with van der Waals surface area (Å²) in [5, 5.41) is 3.86. The second-order valence-electron chi connectivity index (χ2n) is 8.93. The maximum absolute atomic E-state index is 13.8. The van der Waals surface area contributed by atoms with Crippen LogP contribution < -0.4 is 0 Å². The van der Waals surface area contributed by atoms with Gasteiger partial charge in [-0.25, -0.2) is 18.7 Å². The molecule has 10 heteroatoms. The van der Waals surface area contributed by atoms with Crippen LogP contribution in [0, 0.1) is 11.7 Å². The van der Waals surface area contributed by atoms with Gasteiger partial charge in [-0.1, -0.05) is 6.42 Å². The number of aromatic nitrogens is 3. The highest BCUT2D eigenvalue weighted by molar-refractivity contribution is 5.88. The fourth-order valence-electron chi connectivity index (χ4n) is 5.07. The highest BCUT2D eigenvalue weighted by atomic mass is 19.4. The van der Waals surface area contributed by atoms with Gasteiger partial charge in [-0.3, -0.25) is 4.90 Å². The first-order chi connectivity index (χ1) is 16.3. The molecule has 34 heavy (non-hydrogen) atoms. The number of benzene rings is 1. The minimum absolute atomic E-state index is 0.000706. The second-order valence-corrected chi connectivity index (χ2v) is 8.93. The molecule has 4 heterocycles. The van der Waals surface area contributed by atoms with Gasteiger partial charge in [0.1, 0.15) is 5.82 Å². The summed E-state index contributed by atoms with van der Waals surface area (Å²) in [5.41, 5.74) is -1.14. The molecular formula is C24H24F4N4O2. The summed E-state index contributed by atoms with van der Waals surface area (Å²) in [7, 11) is 0. The summed E-state index contributed by atoms with van der Waals surface area (Å²) in [4.78, 5) is 19.4. The molecule has 3 aromatic rings. The Labute approximate surface area is 193 Å². The first kappa shape index (κ1) is 22.8. The minimum Gasteiger partial charge on any atom is -0.461 e. The molecule has 0 unspecified atom stereocenters. The van der Waals surface area contributed by atoms with E-state index in [-0.39, 0.29) is 29.6 Å². The lowest BCUT2D eigenvalue weighted by atomic mass is 9.84. The van der Waals surface area contributed by atoms with Gasteiger partial charge >= 0.3 is 12.1 Å². The Kier molecular flexibility index (Phi) is 6.01. The van der Waals surface area contributed by atoms with E-state index in [0.717, 1.165) is 57.0 Å². The Balaban J connectivity index is 1.40. The van der Waals surface area contributed by atoms with Crippen LogP contribution in [0.3, 0.4) is 0 Å². The summed E-state index contributed by atoms with van der Waals surface area (Å²) in [6, 6.07) is 7.39. The van der Waals surface area contributed by atoms with Crippen LogP contribution in [-0.2, 0) is 10.9 Å². The number of fused-ring (bicyclic) bond motifs is 2. The van der Waals surface area contributed by atoms with Gasteiger partial charge < -0.3 is 4.74 Å². The molecule has 6 nitrogen and oxygen atoms in total. The van der Waals surface area contributed by atoms with Crippen LogP contribution in [0.1, 0.15) is 48.3 Å². The van der Waals surface area contributed by atoms with Gasteiger partial charge in [0.05, 0.1) is 12.3 Å². The van der Waals surface area contributed by atoms with Gasteiger partial charge in [0, 0.05) is 23.6 Å². The van der Waals surface area contributed by atoms with Gasteiger partial charge in [0.25, 0.3) is 0 Å². The molecule has 2 saturated heterocycles. The van der Waals surface area contributed by atoms with E-state index < -0.39 is 23.7 Å². The smallest absolute Gasteiger partial charge is 0.433 e. The molecule has 2 atom stereocenters. The van der Waals surface area contributed by atoms with Crippen molar-refractivity contribution in [3.8, 4) is 11.3 Å². The number of carbonyl (C=O) groups is 1. The number of alkyl halides is 3. The first-order valence-corrected chi connectivity index (χ1v) is 11.4. The quantitative estimate of drug-likeness (QED) is 0.393. The maximum Gasteiger partial charge on any atom is 0.433 e. The van der Waals surface area contributed by atoms with Crippen LogP contribution in [0.2, 0.25) is 0 Å². The third-order valence-corrected chi connectivity index (χ3v) is 6.72. The van der Waals surface area contributed by atoms with E-state index in [9.17, 15) is 22.4 Å². The second kappa shape index (κ2) is 8.98.